The second-order valence-electron chi connectivity index (χ2n) is 13.2. The molecule has 52 heavy (non-hydrogen) atoms. The molecule has 5 heteroatoms. The summed E-state index contributed by atoms with van der Waals surface area (Å²) in [6.45, 7) is 0. The average molecular weight is 666 g/mol. The lowest BCUT2D eigenvalue weighted by Gasteiger charge is -2.10. The first kappa shape index (κ1) is 28.7. The number of aromatic nitrogens is 3. The number of hydrogen-bond donors (Lipinski definition) is 0. The van der Waals surface area contributed by atoms with Gasteiger partial charge >= 0.3 is 0 Å². The van der Waals surface area contributed by atoms with Crippen LogP contribution in [0.3, 0.4) is 0 Å². The highest BCUT2D eigenvalue weighted by Crippen LogP contribution is 2.42. The molecule has 0 fully saturated rings. The topological polar surface area (TPSA) is 65.0 Å². The molecule has 0 N–H and O–H groups in total. The second-order valence-corrected chi connectivity index (χ2v) is 13.2. The summed E-state index contributed by atoms with van der Waals surface area (Å²) in [6.07, 6.45) is 0. The van der Waals surface area contributed by atoms with E-state index in [1.165, 1.54) is 5.39 Å². The Hall–Kier alpha value is -7.11. The van der Waals surface area contributed by atoms with Gasteiger partial charge in [-0.2, -0.15) is 0 Å². The van der Waals surface area contributed by atoms with E-state index in [1.54, 1.807) is 0 Å². The van der Waals surface area contributed by atoms with Gasteiger partial charge in [0.2, 0.25) is 0 Å². The van der Waals surface area contributed by atoms with Gasteiger partial charge in [-0.1, -0.05) is 127 Å². The first-order chi connectivity index (χ1) is 25.7. The van der Waals surface area contributed by atoms with Crippen LogP contribution in [0.15, 0.2) is 173 Å². The summed E-state index contributed by atoms with van der Waals surface area (Å²) in [5.74, 6) is 1.84. The largest absolute Gasteiger partial charge is 0.456 e. The zero-order chi connectivity index (χ0) is 34.2. The monoisotopic (exact) mass is 665 g/mol. The van der Waals surface area contributed by atoms with E-state index >= 15 is 0 Å². The fourth-order valence-corrected chi connectivity index (χ4v) is 7.64. The summed E-state index contributed by atoms with van der Waals surface area (Å²) in [5, 5.41) is 8.70. The smallest absolute Gasteiger partial charge is 0.164 e. The highest BCUT2D eigenvalue weighted by molar-refractivity contribution is 6.20. The number of furan rings is 2. The number of fused-ring (bicyclic) bond motifs is 9. The van der Waals surface area contributed by atoms with Crippen molar-refractivity contribution in [1.82, 2.24) is 15.0 Å². The maximum Gasteiger partial charge on any atom is 0.164 e. The van der Waals surface area contributed by atoms with Crippen molar-refractivity contribution in [2.75, 3.05) is 0 Å². The predicted octanol–water partition coefficient (Wildman–Crippen LogP) is 12.6. The Labute approximate surface area is 297 Å². The number of para-hydroxylation sites is 1. The minimum atomic E-state index is 0.595. The van der Waals surface area contributed by atoms with E-state index in [2.05, 4.69) is 109 Å². The fraction of sp³-hybridized carbons (Fsp3) is 0. The van der Waals surface area contributed by atoms with Crippen LogP contribution in [-0.4, -0.2) is 15.0 Å². The van der Waals surface area contributed by atoms with Crippen molar-refractivity contribution in [3.05, 3.63) is 164 Å². The summed E-state index contributed by atoms with van der Waals surface area (Å²) in [6, 6.07) is 56.3. The first-order valence-electron chi connectivity index (χ1n) is 17.3. The molecule has 0 aliphatic carbocycles. The standard InChI is InChI=1S/C47H27N3O2/c1-2-12-29(13-3-1)45-48-46(32-22-21-28-11-4-5-14-30(28)25-32)50-47(49-45)37-18-10-20-41-43(37)36-24-23-31(26-42(36)51-41)38-27-39-34-16-8-9-19-40(34)52-44(39)35-17-7-6-15-33(35)38/h1-27H. The van der Waals surface area contributed by atoms with Crippen LogP contribution < -0.4 is 0 Å². The van der Waals surface area contributed by atoms with Crippen molar-refractivity contribution in [3.8, 4) is 45.3 Å². The molecule has 0 atom stereocenters. The van der Waals surface area contributed by atoms with E-state index in [0.717, 1.165) is 87.9 Å². The molecule has 5 nitrogen and oxygen atoms in total. The van der Waals surface area contributed by atoms with Crippen molar-refractivity contribution >= 4 is 65.4 Å². The Morgan fingerprint density at radius 1 is 0.327 bits per heavy atom. The van der Waals surface area contributed by atoms with Crippen molar-refractivity contribution in [2.24, 2.45) is 0 Å². The Bertz CT molecular complexity index is 3190. The number of benzene rings is 8. The van der Waals surface area contributed by atoms with Crippen LogP contribution in [0.25, 0.3) is 111 Å². The van der Waals surface area contributed by atoms with Crippen LogP contribution in [0.2, 0.25) is 0 Å². The van der Waals surface area contributed by atoms with Gasteiger partial charge in [0.05, 0.1) is 0 Å². The van der Waals surface area contributed by atoms with Crippen molar-refractivity contribution in [3.63, 3.8) is 0 Å². The highest BCUT2D eigenvalue weighted by atomic mass is 16.3. The summed E-state index contributed by atoms with van der Waals surface area (Å²) in [5.41, 5.74) is 8.32. The van der Waals surface area contributed by atoms with Gasteiger partial charge in [0.15, 0.2) is 17.5 Å². The molecule has 0 saturated carbocycles. The van der Waals surface area contributed by atoms with Crippen LogP contribution in [0.5, 0.6) is 0 Å². The molecule has 0 spiro atoms. The van der Waals surface area contributed by atoms with Crippen LogP contribution in [0.4, 0.5) is 0 Å². The lowest BCUT2D eigenvalue weighted by molar-refractivity contribution is 0.669. The normalized spacial score (nSPS) is 11.8. The van der Waals surface area contributed by atoms with Gasteiger partial charge in [0.1, 0.15) is 22.3 Å². The summed E-state index contributed by atoms with van der Waals surface area (Å²) in [4.78, 5) is 15.2. The average Bonchev–Trinajstić information content (AvgIpc) is 3.79. The zero-order valence-corrected chi connectivity index (χ0v) is 27.7. The van der Waals surface area contributed by atoms with Crippen LogP contribution in [0.1, 0.15) is 0 Å². The number of hydrogen-bond acceptors (Lipinski definition) is 5. The third-order valence-corrected chi connectivity index (χ3v) is 10.1. The minimum Gasteiger partial charge on any atom is -0.456 e. The maximum absolute atomic E-state index is 6.62. The molecule has 0 aliphatic rings. The van der Waals surface area contributed by atoms with Gasteiger partial charge in [0, 0.05) is 43.6 Å². The number of rotatable bonds is 4. The fourth-order valence-electron chi connectivity index (χ4n) is 7.64. The van der Waals surface area contributed by atoms with Crippen molar-refractivity contribution in [1.29, 1.82) is 0 Å². The molecule has 0 unspecified atom stereocenters. The quantitative estimate of drug-likeness (QED) is 0.187. The molecule has 0 radical (unpaired) electrons. The molecular formula is C47H27N3O2. The van der Waals surface area contributed by atoms with E-state index in [-0.39, 0.29) is 0 Å². The molecule has 0 bridgehead atoms. The lowest BCUT2D eigenvalue weighted by atomic mass is 9.94. The molecule has 11 rings (SSSR count). The second kappa shape index (κ2) is 11.2. The van der Waals surface area contributed by atoms with E-state index < -0.39 is 0 Å². The van der Waals surface area contributed by atoms with Gasteiger partial charge in [-0.25, -0.2) is 15.0 Å². The molecular weight excluding hydrogens is 639 g/mol. The van der Waals surface area contributed by atoms with E-state index in [0.29, 0.717) is 17.5 Å². The van der Waals surface area contributed by atoms with E-state index in [4.69, 9.17) is 23.8 Å². The van der Waals surface area contributed by atoms with Crippen LogP contribution in [-0.2, 0) is 0 Å². The Morgan fingerprint density at radius 3 is 1.90 bits per heavy atom. The molecule has 0 saturated heterocycles. The van der Waals surface area contributed by atoms with Crippen molar-refractivity contribution < 1.29 is 8.83 Å². The molecule has 3 aromatic heterocycles. The zero-order valence-electron chi connectivity index (χ0n) is 27.7. The third kappa shape index (κ3) is 4.46. The SMILES string of the molecule is c1ccc(-c2nc(-c3ccc4ccccc4c3)nc(-c3cccc4oc5cc(-c6cc7c8ccccc8oc7c7ccccc67)ccc5c34)n2)cc1. The van der Waals surface area contributed by atoms with Gasteiger partial charge in [-0.05, 0) is 63.7 Å². The summed E-state index contributed by atoms with van der Waals surface area (Å²) < 4.78 is 13.0. The van der Waals surface area contributed by atoms with E-state index in [9.17, 15) is 0 Å². The van der Waals surface area contributed by atoms with Crippen LogP contribution in [0, 0.1) is 0 Å². The van der Waals surface area contributed by atoms with Crippen LogP contribution >= 0.6 is 0 Å². The van der Waals surface area contributed by atoms with Gasteiger partial charge in [-0.15, -0.1) is 0 Å². The Kier molecular flexibility index (Phi) is 6.18. The molecule has 242 valence electrons. The molecule has 3 heterocycles. The Morgan fingerprint density at radius 2 is 1.02 bits per heavy atom. The minimum absolute atomic E-state index is 0.595. The van der Waals surface area contributed by atoms with Gasteiger partial charge < -0.3 is 8.83 Å². The maximum atomic E-state index is 6.62. The third-order valence-electron chi connectivity index (χ3n) is 10.1. The molecule has 0 amide bonds. The predicted molar refractivity (Wildman–Crippen MR) is 211 cm³/mol. The molecule has 0 aliphatic heterocycles. The van der Waals surface area contributed by atoms with Crippen molar-refractivity contribution in [2.45, 2.75) is 0 Å². The number of nitrogens with zero attached hydrogens (tertiary/aromatic N) is 3. The highest BCUT2D eigenvalue weighted by Gasteiger charge is 2.20. The summed E-state index contributed by atoms with van der Waals surface area (Å²) in [7, 11) is 0. The lowest BCUT2D eigenvalue weighted by Crippen LogP contribution is -2.00. The Balaban J connectivity index is 1.11. The van der Waals surface area contributed by atoms with Gasteiger partial charge in [-0.3, -0.25) is 0 Å². The first-order valence-corrected chi connectivity index (χ1v) is 17.3. The molecule has 11 aromatic rings. The summed E-state index contributed by atoms with van der Waals surface area (Å²) >= 11 is 0. The molecule has 8 aromatic carbocycles. The van der Waals surface area contributed by atoms with E-state index in [1.807, 2.05) is 54.6 Å². The van der Waals surface area contributed by atoms with Gasteiger partial charge in [0.25, 0.3) is 0 Å².